The van der Waals surface area contributed by atoms with Crippen LogP contribution in [-0.4, -0.2) is 39.7 Å². The van der Waals surface area contributed by atoms with Crippen molar-refractivity contribution in [3.63, 3.8) is 0 Å². The van der Waals surface area contributed by atoms with Crippen LogP contribution in [0.2, 0.25) is 6.04 Å². The summed E-state index contributed by atoms with van der Waals surface area (Å²) in [4.78, 5) is 11.5. The maximum Gasteiger partial charge on any atom is 0.505 e. The van der Waals surface area contributed by atoms with Crippen molar-refractivity contribution in [2.45, 2.75) is 72.8 Å². The number of hydrogen-bond donors (Lipinski definition) is 0. The minimum absolute atomic E-state index is 0.0222. The molecule has 0 aliphatic rings. The lowest BCUT2D eigenvalue weighted by Crippen LogP contribution is -2.51. The molecule has 0 aliphatic heterocycles. The van der Waals surface area contributed by atoms with Gasteiger partial charge in [-0.1, -0.05) is 6.58 Å². The van der Waals surface area contributed by atoms with Gasteiger partial charge in [0.2, 0.25) is 0 Å². The second-order valence-electron chi connectivity index (χ2n) is 5.85. The molecule has 124 valence electrons. The summed E-state index contributed by atoms with van der Waals surface area (Å²) in [7, 11) is -2.89. The third-order valence-corrected chi connectivity index (χ3v) is 5.54. The van der Waals surface area contributed by atoms with Crippen LogP contribution in [0.1, 0.15) is 48.5 Å². The van der Waals surface area contributed by atoms with Gasteiger partial charge in [-0.05, 0) is 48.5 Å². The Morgan fingerprint density at radius 2 is 1.33 bits per heavy atom. The van der Waals surface area contributed by atoms with E-state index in [0.29, 0.717) is 11.6 Å². The molecule has 0 unspecified atom stereocenters. The van der Waals surface area contributed by atoms with Gasteiger partial charge in [0.1, 0.15) is 0 Å². The number of rotatable bonds is 10. The van der Waals surface area contributed by atoms with E-state index in [4.69, 9.17) is 18.0 Å². The topological polar surface area (TPSA) is 54.0 Å². The molecule has 0 bridgehead atoms. The molecule has 0 atom stereocenters. The summed E-state index contributed by atoms with van der Waals surface area (Å²) in [5.41, 5.74) is 0.376. The predicted octanol–water partition coefficient (Wildman–Crippen LogP) is 3.32. The molecule has 0 N–H and O–H groups in total. The highest BCUT2D eigenvalue weighted by Gasteiger charge is 2.44. The van der Waals surface area contributed by atoms with Crippen LogP contribution in [0.25, 0.3) is 0 Å². The molecule has 5 nitrogen and oxygen atoms in total. The van der Waals surface area contributed by atoms with Gasteiger partial charge in [0, 0.05) is 23.9 Å². The highest BCUT2D eigenvalue weighted by Crippen LogP contribution is 2.22. The van der Waals surface area contributed by atoms with Crippen LogP contribution in [-0.2, 0) is 22.8 Å². The van der Waals surface area contributed by atoms with E-state index >= 15 is 0 Å². The first-order valence-electron chi connectivity index (χ1n) is 7.44. The lowest BCUT2D eigenvalue weighted by molar-refractivity contribution is -0.138. The molecule has 0 spiro atoms. The summed E-state index contributed by atoms with van der Waals surface area (Å²) in [6.45, 7) is 17.0. The molecule has 21 heavy (non-hydrogen) atoms. The summed E-state index contributed by atoms with van der Waals surface area (Å²) < 4.78 is 23.1. The molecular weight excluding hydrogens is 288 g/mol. The largest absolute Gasteiger partial charge is 0.505 e. The van der Waals surface area contributed by atoms with Crippen LogP contribution >= 0.6 is 0 Å². The van der Waals surface area contributed by atoms with Crippen molar-refractivity contribution in [2.24, 2.45) is 0 Å². The highest BCUT2D eigenvalue weighted by molar-refractivity contribution is 6.61. The van der Waals surface area contributed by atoms with Gasteiger partial charge in [0.05, 0.1) is 12.7 Å². The zero-order valence-electron chi connectivity index (χ0n) is 14.4. The van der Waals surface area contributed by atoms with Crippen molar-refractivity contribution >= 4 is 14.8 Å². The van der Waals surface area contributed by atoms with Crippen molar-refractivity contribution in [3.05, 3.63) is 12.2 Å². The molecule has 0 rings (SSSR count). The molecule has 6 heteroatoms. The van der Waals surface area contributed by atoms with Gasteiger partial charge in [-0.3, -0.25) is 0 Å². The maximum atomic E-state index is 11.5. The second-order valence-corrected chi connectivity index (χ2v) is 8.42. The standard InChI is InChI=1S/C15H30O5Si/c1-11(2)15(16)17-9-10-21(18-12(3)4,19-13(5)6)20-14(7)8/h12-14H,1,9-10H2,2-8H3. The smallest absolute Gasteiger partial charge is 0.462 e. The molecule has 0 amide bonds. The van der Waals surface area contributed by atoms with E-state index in [9.17, 15) is 4.79 Å². The normalized spacial score (nSPS) is 12.3. The third kappa shape index (κ3) is 9.03. The van der Waals surface area contributed by atoms with Gasteiger partial charge < -0.3 is 18.0 Å². The number of ether oxygens (including phenoxy) is 1. The molecular formula is C15H30O5Si. The number of hydrogen-bond acceptors (Lipinski definition) is 5. The number of carbonyl (C=O) groups excluding carboxylic acids is 1. The summed E-state index contributed by atoms with van der Waals surface area (Å²) in [6.07, 6.45) is -0.0666. The molecule has 0 aromatic rings. The van der Waals surface area contributed by atoms with Crippen molar-refractivity contribution < 1.29 is 22.8 Å². The summed E-state index contributed by atoms with van der Waals surface area (Å²) in [5.74, 6) is -0.406. The maximum absolute atomic E-state index is 11.5. The molecule has 0 aliphatic carbocycles. The highest BCUT2D eigenvalue weighted by atomic mass is 28.4. The van der Waals surface area contributed by atoms with E-state index in [1.165, 1.54) is 0 Å². The van der Waals surface area contributed by atoms with E-state index in [0.717, 1.165) is 0 Å². The predicted molar refractivity (Wildman–Crippen MR) is 85.0 cm³/mol. The Morgan fingerprint density at radius 1 is 0.952 bits per heavy atom. The van der Waals surface area contributed by atoms with Crippen molar-refractivity contribution in [3.8, 4) is 0 Å². The molecule has 0 aromatic heterocycles. The number of carbonyl (C=O) groups is 1. The summed E-state index contributed by atoms with van der Waals surface area (Å²) in [6, 6.07) is 0.431. The van der Waals surface area contributed by atoms with Gasteiger partial charge in [0.15, 0.2) is 0 Å². The Bertz CT molecular complexity index is 312. The van der Waals surface area contributed by atoms with Crippen LogP contribution in [0.5, 0.6) is 0 Å². The molecule has 0 heterocycles. The zero-order valence-corrected chi connectivity index (χ0v) is 15.4. The Balaban J connectivity index is 4.88. The van der Waals surface area contributed by atoms with Gasteiger partial charge in [-0.15, -0.1) is 0 Å². The molecule has 0 fully saturated rings. The fraction of sp³-hybridized carbons (Fsp3) is 0.800. The summed E-state index contributed by atoms with van der Waals surface area (Å²) >= 11 is 0. The molecule has 0 aromatic carbocycles. The van der Waals surface area contributed by atoms with Gasteiger partial charge >= 0.3 is 14.8 Å². The van der Waals surface area contributed by atoms with Gasteiger partial charge in [0.25, 0.3) is 0 Å². The van der Waals surface area contributed by atoms with Crippen LogP contribution < -0.4 is 0 Å². The fourth-order valence-electron chi connectivity index (χ4n) is 1.73. The number of esters is 1. The van der Waals surface area contributed by atoms with Gasteiger partial charge in [-0.2, -0.15) is 0 Å². The quantitative estimate of drug-likeness (QED) is 0.351. The van der Waals surface area contributed by atoms with E-state index < -0.39 is 14.8 Å². The Morgan fingerprint density at radius 3 is 1.62 bits per heavy atom. The molecule has 0 radical (unpaired) electrons. The van der Waals surface area contributed by atoms with Crippen molar-refractivity contribution in [1.82, 2.24) is 0 Å². The SMILES string of the molecule is C=C(C)C(=O)OCC[Si](OC(C)C)(OC(C)C)OC(C)C. The van der Waals surface area contributed by atoms with Gasteiger partial charge in [-0.25, -0.2) is 4.79 Å². The van der Waals surface area contributed by atoms with Crippen LogP contribution in [0.3, 0.4) is 0 Å². The van der Waals surface area contributed by atoms with E-state index in [2.05, 4.69) is 6.58 Å². The lowest BCUT2D eigenvalue weighted by atomic mass is 10.4. The van der Waals surface area contributed by atoms with Crippen LogP contribution in [0.15, 0.2) is 12.2 Å². The average molecular weight is 318 g/mol. The fourth-order valence-corrected chi connectivity index (χ4v) is 4.76. The van der Waals surface area contributed by atoms with E-state index in [1.807, 2.05) is 41.5 Å². The Labute approximate surface area is 130 Å². The summed E-state index contributed by atoms with van der Waals surface area (Å²) in [5, 5.41) is 0. The van der Waals surface area contributed by atoms with Crippen LogP contribution in [0, 0.1) is 0 Å². The first kappa shape index (κ1) is 20.3. The minimum atomic E-state index is -2.89. The zero-order chi connectivity index (χ0) is 16.6. The monoisotopic (exact) mass is 318 g/mol. The van der Waals surface area contributed by atoms with E-state index in [-0.39, 0.29) is 24.9 Å². The van der Waals surface area contributed by atoms with Crippen LogP contribution in [0.4, 0.5) is 0 Å². The molecule has 0 saturated heterocycles. The first-order chi connectivity index (χ1) is 9.58. The Kier molecular flexibility index (Phi) is 9.04. The second kappa shape index (κ2) is 9.35. The third-order valence-electron chi connectivity index (χ3n) is 2.24. The Hall–Kier alpha value is -0.693. The van der Waals surface area contributed by atoms with E-state index in [1.54, 1.807) is 6.92 Å². The minimum Gasteiger partial charge on any atom is -0.462 e. The average Bonchev–Trinajstić information content (AvgIpc) is 2.24. The van der Waals surface area contributed by atoms with Crippen molar-refractivity contribution in [2.75, 3.05) is 6.61 Å². The first-order valence-corrected chi connectivity index (χ1v) is 9.37. The van der Waals surface area contributed by atoms with Crippen molar-refractivity contribution in [1.29, 1.82) is 0 Å². The lowest BCUT2D eigenvalue weighted by Gasteiger charge is -2.34. The molecule has 0 saturated carbocycles.